The molecule has 2 rings (SSSR count). The third kappa shape index (κ3) is 5.23. The van der Waals surface area contributed by atoms with Crippen LogP contribution in [0.15, 0.2) is 0 Å². The SMILES string of the molecule is NC(=O)CCS(=O)(=O)CCN1CCCCC1C1CCCN1. The fourth-order valence-electron chi connectivity index (χ4n) is 3.40. The highest BCUT2D eigenvalue weighted by Crippen LogP contribution is 2.24. The van der Waals surface area contributed by atoms with E-state index in [1.54, 1.807) is 0 Å². The van der Waals surface area contributed by atoms with Crippen molar-refractivity contribution in [3.63, 3.8) is 0 Å². The third-order valence-electron chi connectivity index (χ3n) is 4.58. The van der Waals surface area contributed by atoms with E-state index in [0.717, 1.165) is 25.9 Å². The number of nitrogens with two attached hydrogens (primary N) is 1. The number of carbonyl (C=O) groups excluding carboxylic acids is 1. The van der Waals surface area contributed by atoms with Crippen LogP contribution in [0, 0.1) is 0 Å². The van der Waals surface area contributed by atoms with E-state index in [4.69, 9.17) is 5.73 Å². The molecule has 2 saturated heterocycles. The number of sulfone groups is 1. The topological polar surface area (TPSA) is 92.5 Å². The summed E-state index contributed by atoms with van der Waals surface area (Å²) in [5.41, 5.74) is 5.02. The maximum atomic E-state index is 12.0. The summed E-state index contributed by atoms with van der Waals surface area (Å²) >= 11 is 0. The van der Waals surface area contributed by atoms with Crippen LogP contribution in [0.25, 0.3) is 0 Å². The number of likely N-dealkylation sites (tertiary alicyclic amines) is 1. The molecule has 0 aliphatic carbocycles. The van der Waals surface area contributed by atoms with Crippen molar-refractivity contribution in [2.75, 3.05) is 31.1 Å². The van der Waals surface area contributed by atoms with Crippen molar-refractivity contribution in [1.29, 1.82) is 0 Å². The highest BCUT2D eigenvalue weighted by atomic mass is 32.2. The van der Waals surface area contributed by atoms with Crippen LogP contribution in [-0.4, -0.2) is 62.4 Å². The molecule has 2 fully saturated rings. The van der Waals surface area contributed by atoms with E-state index >= 15 is 0 Å². The number of piperidine rings is 1. The van der Waals surface area contributed by atoms with E-state index in [2.05, 4.69) is 10.2 Å². The first-order valence-corrected chi connectivity index (χ1v) is 9.76. The molecule has 3 N–H and O–H groups in total. The van der Waals surface area contributed by atoms with Crippen LogP contribution in [0.1, 0.15) is 38.5 Å². The van der Waals surface area contributed by atoms with Crippen LogP contribution in [0.3, 0.4) is 0 Å². The molecule has 122 valence electrons. The minimum Gasteiger partial charge on any atom is -0.370 e. The number of nitrogens with one attached hydrogen (secondary N) is 1. The zero-order valence-corrected chi connectivity index (χ0v) is 13.4. The summed E-state index contributed by atoms with van der Waals surface area (Å²) in [5, 5.41) is 3.54. The number of carbonyl (C=O) groups is 1. The number of primary amides is 1. The van der Waals surface area contributed by atoms with Crippen molar-refractivity contribution in [1.82, 2.24) is 10.2 Å². The van der Waals surface area contributed by atoms with Crippen molar-refractivity contribution >= 4 is 15.7 Å². The molecule has 6 nitrogen and oxygen atoms in total. The fourth-order valence-corrected chi connectivity index (χ4v) is 4.63. The van der Waals surface area contributed by atoms with Crippen LogP contribution in [0.2, 0.25) is 0 Å². The lowest BCUT2D eigenvalue weighted by molar-refractivity contribution is -0.117. The van der Waals surface area contributed by atoms with Crippen LogP contribution in [-0.2, 0) is 14.6 Å². The van der Waals surface area contributed by atoms with Gasteiger partial charge in [-0.3, -0.25) is 9.69 Å². The molecule has 2 atom stereocenters. The molecule has 0 radical (unpaired) electrons. The van der Waals surface area contributed by atoms with Gasteiger partial charge in [0.1, 0.15) is 0 Å². The zero-order valence-electron chi connectivity index (χ0n) is 12.6. The van der Waals surface area contributed by atoms with Gasteiger partial charge in [-0.25, -0.2) is 8.42 Å². The Morgan fingerprint density at radius 3 is 2.67 bits per heavy atom. The smallest absolute Gasteiger partial charge is 0.218 e. The van der Waals surface area contributed by atoms with E-state index in [9.17, 15) is 13.2 Å². The van der Waals surface area contributed by atoms with Crippen molar-refractivity contribution in [2.24, 2.45) is 5.73 Å². The summed E-state index contributed by atoms with van der Waals surface area (Å²) in [4.78, 5) is 13.0. The molecular weight excluding hydrogens is 290 g/mol. The van der Waals surface area contributed by atoms with Gasteiger partial charge in [0.25, 0.3) is 0 Å². The zero-order chi connectivity index (χ0) is 15.3. The van der Waals surface area contributed by atoms with E-state index in [-0.39, 0.29) is 17.9 Å². The van der Waals surface area contributed by atoms with Crippen molar-refractivity contribution in [3.05, 3.63) is 0 Å². The number of rotatable bonds is 7. The van der Waals surface area contributed by atoms with Crippen molar-refractivity contribution in [2.45, 2.75) is 50.6 Å². The predicted molar refractivity (Wildman–Crippen MR) is 82.7 cm³/mol. The average Bonchev–Trinajstić information content (AvgIpc) is 2.98. The Morgan fingerprint density at radius 2 is 2.00 bits per heavy atom. The second-order valence-corrected chi connectivity index (χ2v) is 8.47. The molecule has 0 aromatic rings. The molecule has 2 heterocycles. The first-order valence-electron chi connectivity index (χ1n) is 7.94. The van der Waals surface area contributed by atoms with Gasteiger partial charge in [0.2, 0.25) is 5.91 Å². The molecule has 2 aliphatic rings. The Bertz CT molecular complexity index is 446. The Hall–Kier alpha value is -0.660. The lowest BCUT2D eigenvalue weighted by Gasteiger charge is -2.39. The monoisotopic (exact) mass is 317 g/mol. The molecule has 0 spiro atoms. The maximum absolute atomic E-state index is 12.0. The number of nitrogens with zero attached hydrogens (tertiary/aromatic N) is 1. The minimum atomic E-state index is -3.19. The maximum Gasteiger partial charge on any atom is 0.218 e. The minimum absolute atomic E-state index is 0.0735. The molecule has 0 aromatic carbocycles. The Balaban J connectivity index is 1.85. The molecule has 2 aliphatic heterocycles. The van der Waals surface area contributed by atoms with Gasteiger partial charge in [-0.1, -0.05) is 6.42 Å². The summed E-state index contributed by atoms with van der Waals surface area (Å²) in [6.45, 7) is 2.63. The van der Waals surface area contributed by atoms with Gasteiger partial charge in [0.15, 0.2) is 9.84 Å². The van der Waals surface area contributed by atoms with Crippen LogP contribution >= 0.6 is 0 Å². The largest absolute Gasteiger partial charge is 0.370 e. The predicted octanol–water partition coefficient (Wildman–Crippen LogP) is -0.117. The Kier molecular flexibility index (Phi) is 6.01. The van der Waals surface area contributed by atoms with Gasteiger partial charge >= 0.3 is 0 Å². The quantitative estimate of drug-likeness (QED) is 0.683. The number of hydrogen-bond donors (Lipinski definition) is 2. The fraction of sp³-hybridized carbons (Fsp3) is 0.929. The summed E-state index contributed by atoms with van der Waals surface area (Å²) in [5.74, 6) is -0.545. The Morgan fingerprint density at radius 1 is 1.19 bits per heavy atom. The summed E-state index contributed by atoms with van der Waals surface area (Å²) in [6.07, 6.45) is 5.86. The van der Waals surface area contributed by atoms with Gasteiger partial charge in [0.05, 0.1) is 11.5 Å². The summed E-state index contributed by atoms with van der Waals surface area (Å²) < 4.78 is 23.9. The van der Waals surface area contributed by atoms with E-state index < -0.39 is 15.7 Å². The average molecular weight is 317 g/mol. The standard InChI is InChI=1S/C14H27N3O3S/c15-14(18)6-10-21(19,20)11-9-17-8-2-1-5-13(17)12-4-3-7-16-12/h12-13,16H,1-11H2,(H2,15,18). The summed E-state index contributed by atoms with van der Waals surface area (Å²) in [6, 6.07) is 0.978. The van der Waals surface area contributed by atoms with Crippen molar-refractivity contribution < 1.29 is 13.2 Å². The van der Waals surface area contributed by atoms with Gasteiger partial charge < -0.3 is 11.1 Å². The number of hydrogen-bond acceptors (Lipinski definition) is 5. The first kappa shape index (κ1) is 16.7. The van der Waals surface area contributed by atoms with Crippen LogP contribution < -0.4 is 11.1 Å². The molecule has 2 unspecified atom stereocenters. The Labute approximate surface area is 127 Å². The number of amides is 1. The molecule has 1 amide bonds. The molecule has 0 saturated carbocycles. The molecule has 7 heteroatoms. The van der Waals surface area contributed by atoms with Gasteiger partial charge in [-0.05, 0) is 38.8 Å². The van der Waals surface area contributed by atoms with E-state index in [0.29, 0.717) is 18.6 Å². The lowest BCUT2D eigenvalue weighted by atomic mass is 9.95. The second kappa shape index (κ2) is 7.56. The van der Waals surface area contributed by atoms with Gasteiger partial charge in [-0.2, -0.15) is 0 Å². The lowest BCUT2D eigenvalue weighted by Crippen LogP contribution is -2.51. The highest BCUT2D eigenvalue weighted by Gasteiger charge is 2.31. The van der Waals surface area contributed by atoms with Gasteiger partial charge in [-0.15, -0.1) is 0 Å². The van der Waals surface area contributed by atoms with Gasteiger partial charge in [0, 0.05) is 25.0 Å². The van der Waals surface area contributed by atoms with E-state index in [1.165, 1.54) is 19.3 Å². The second-order valence-electron chi connectivity index (χ2n) is 6.17. The van der Waals surface area contributed by atoms with E-state index in [1.807, 2.05) is 0 Å². The summed E-state index contributed by atoms with van der Waals surface area (Å²) in [7, 11) is -3.19. The molecule has 21 heavy (non-hydrogen) atoms. The molecule has 0 bridgehead atoms. The third-order valence-corrected chi connectivity index (χ3v) is 6.21. The van der Waals surface area contributed by atoms with Crippen LogP contribution in [0.4, 0.5) is 0 Å². The highest BCUT2D eigenvalue weighted by molar-refractivity contribution is 7.91. The van der Waals surface area contributed by atoms with Crippen LogP contribution in [0.5, 0.6) is 0 Å². The van der Waals surface area contributed by atoms with Crippen molar-refractivity contribution in [3.8, 4) is 0 Å². The normalized spacial score (nSPS) is 27.8. The molecular formula is C14H27N3O3S. The first-order chi connectivity index (χ1) is 9.98. The molecule has 0 aromatic heterocycles.